The van der Waals surface area contributed by atoms with Gasteiger partial charge in [-0.25, -0.2) is 14.9 Å². The summed E-state index contributed by atoms with van der Waals surface area (Å²) in [5.41, 5.74) is 1.09. The van der Waals surface area contributed by atoms with Crippen molar-refractivity contribution in [2.24, 2.45) is 10.2 Å². The van der Waals surface area contributed by atoms with Crippen molar-refractivity contribution in [1.82, 2.24) is 14.6 Å². The number of carbonyl (C=O) groups is 1. The third-order valence-electron chi connectivity index (χ3n) is 3.36. The number of benzene rings is 1. The van der Waals surface area contributed by atoms with E-state index in [1.807, 2.05) is 30.3 Å². The molecule has 0 saturated heterocycles. The maximum atomic E-state index is 12.0. The molecule has 0 spiro atoms. The monoisotopic (exact) mass is 325 g/mol. The van der Waals surface area contributed by atoms with Crippen LogP contribution in [0.1, 0.15) is 11.5 Å². The van der Waals surface area contributed by atoms with Crippen LogP contribution >= 0.6 is 0 Å². The number of hydrazone groups is 1. The summed E-state index contributed by atoms with van der Waals surface area (Å²) in [6.45, 7) is 0.721. The molecule has 9 heteroatoms. The Kier molecular flexibility index (Phi) is 5.11. The fourth-order valence-corrected chi connectivity index (χ4v) is 2.35. The molecule has 22 heavy (non-hydrogen) atoms. The smallest absolute Gasteiger partial charge is 0.335 e. The molecule has 3 N–H and O–H groups in total. The number of nitrogens with one attached hydrogen (secondary N) is 1. The zero-order chi connectivity index (χ0) is 16.2. The van der Waals surface area contributed by atoms with Crippen molar-refractivity contribution in [3.05, 3.63) is 35.9 Å². The van der Waals surface area contributed by atoms with Crippen LogP contribution in [-0.2, 0) is 10.2 Å². The molecule has 1 aromatic carbocycles. The first-order chi connectivity index (χ1) is 10.4. The second kappa shape index (κ2) is 6.86. The van der Waals surface area contributed by atoms with Gasteiger partial charge in [-0.1, -0.05) is 30.3 Å². The lowest BCUT2D eigenvalue weighted by Gasteiger charge is -2.17. The summed E-state index contributed by atoms with van der Waals surface area (Å²) in [6.07, 6.45) is 1.73. The molecule has 0 radical (unpaired) electrons. The van der Waals surface area contributed by atoms with Crippen LogP contribution in [-0.4, -0.2) is 56.7 Å². The summed E-state index contributed by atoms with van der Waals surface area (Å²) in [6, 6.07) is 9.42. The molecule has 0 fully saturated rings. The molecule has 2 amide bonds. The van der Waals surface area contributed by atoms with Gasteiger partial charge >= 0.3 is 6.03 Å². The van der Waals surface area contributed by atoms with Crippen molar-refractivity contribution >= 4 is 22.5 Å². The maximum absolute atomic E-state index is 12.0. The topological polar surface area (TPSA) is 108 Å². The number of hydrogen-bond acceptors (Lipinski definition) is 4. The number of rotatable bonds is 5. The summed E-state index contributed by atoms with van der Waals surface area (Å²) < 4.78 is 23.0. The number of amides is 2. The number of urea groups is 1. The highest BCUT2D eigenvalue weighted by Gasteiger charge is 2.24. The van der Waals surface area contributed by atoms with Crippen molar-refractivity contribution in [2.45, 2.75) is 5.92 Å². The van der Waals surface area contributed by atoms with Gasteiger partial charge in [0.25, 0.3) is 10.2 Å². The molecule has 0 aromatic heterocycles. The normalized spacial score (nSPS) is 18.0. The summed E-state index contributed by atoms with van der Waals surface area (Å²) in [5.74, 6) is 0.0686. The molecular weight excluding hydrogens is 306 g/mol. The van der Waals surface area contributed by atoms with Crippen molar-refractivity contribution in [3.63, 3.8) is 0 Å². The Morgan fingerprint density at radius 3 is 2.77 bits per heavy atom. The third-order valence-corrected chi connectivity index (χ3v) is 4.41. The van der Waals surface area contributed by atoms with Crippen molar-refractivity contribution in [3.8, 4) is 0 Å². The summed E-state index contributed by atoms with van der Waals surface area (Å²) in [5, 5.41) is 13.0. The molecule has 1 aliphatic heterocycles. The standard InChI is InChI=1S/C13H19N5O3S/c1-17(22(14,20)21)8-7-15-13(19)18-10-12(9-16-18)11-5-3-2-4-6-11/h2-6,9,12H,7-8,10H2,1H3,(H,15,19)(H2,14,20,21). The summed E-state index contributed by atoms with van der Waals surface area (Å²) in [4.78, 5) is 12.0. The average molecular weight is 325 g/mol. The first-order valence-electron chi connectivity index (χ1n) is 6.76. The number of nitrogens with two attached hydrogens (primary N) is 1. The van der Waals surface area contributed by atoms with Crippen LogP contribution in [0.4, 0.5) is 4.79 Å². The van der Waals surface area contributed by atoms with E-state index in [4.69, 9.17) is 5.14 Å². The molecule has 0 aliphatic carbocycles. The van der Waals surface area contributed by atoms with Crippen molar-refractivity contribution < 1.29 is 13.2 Å². The van der Waals surface area contributed by atoms with E-state index in [-0.39, 0.29) is 25.0 Å². The lowest BCUT2D eigenvalue weighted by molar-refractivity contribution is 0.203. The van der Waals surface area contributed by atoms with Gasteiger partial charge in [-0.05, 0) is 5.56 Å². The Morgan fingerprint density at radius 2 is 2.14 bits per heavy atom. The molecule has 0 bridgehead atoms. The Morgan fingerprint density at radius 1 is 1.45 bits per heavy atom. The zero-order valence-electron chi connectivity index (χ0n) is 12.2. The Labute approximate surface area is 129 Å². The van der Waals surface area contributed by atoms with Crippen LogP contribution in [0.25, 0.3) is 0 Å². The van der Waals surface area contributed by atoms with Crippen LogP contribution < -0.4 is 10.5 Å². The largest absolute Gasteiger partial charge is 0.337 e. The van der Waals surface area contributed by atoms with E-state index in [1.54, 1.807) is 6.21 Å². The first kappa shape index (κ1) is 16.4. The molecule has 1 heterocycles. The van der Waals surface area contributed by atoms with E-state index in [0.717, 1.165) is 9.87 Å². The molecule has 0 saturated carbocycles. The van der Waals surface area contributed by atoms with E-state index in [0.29, 0.717) is 6.54 Å². The number of likely N-dealkylation sites (N-methyl/N-ethyl adjacent to an activating group) is 1. The van der Waals surface area contributed by atoms with Gasteiger partial charge in [0.2, 0.25) is 0 Å². The van der Waals surface area contributed by atoms with Crippen LogP contribution in [0, 0.1) is 0 Å². The van der Waals surface area contributed by atoms with Crippen molar-refractivity contribution in [1.29, 1.82) is 0 Å². The molecular formula is C13H19N5O3S. The van der Waals surface area contributed by atoms with Gasteiger partial charge in [0.15, 0.2) is 0 Å². The minimum atomic E-state index is -3.73. The molecule has 1 aliphatic rings. The van der Waals surface area contributed by atoms with E-state index in [9.17, 15) is 13.2 Å². The molecule has 1 atom stereocenters. The highest BCUT2D eigenvalue weighted by atomic mass is 32.2. The van der Waals surface area contributed by atoms with Gasteiger partial charge in [-0.3, -0.25) is 0 Å². The Bertz CT molecular complexity index is 647. The van der Waals surface area contributed by atoms with Crippen LogP contribution in [0.5, 0.6) is 0 Å². The van der Waals surface area contributed by atoms with Crippen LogP contribution in [0.2, 0.25) is 0 Å². The lowest BCUT2D eigenvalue weighted by Crippen LogP contribution is -2.42. The molecule has 120 valence electrons. The third kappa shape index (κ3) is 4.26. The predicted molar refractivity (Wildman–Crippen MR) is 83.5 cm³/mol. The second-order valence-electron chi connectivity index (χ2n) is 4.96. The van der Waals surface area contributed by atoms with E-state index < -0.39 is 10.2 Å². The fraction of sp³-hybridized carbons (Fsp3) is 0.385. The lowest BCUT2D eigenvalue weighted by atomic mass is 10.0. The Balaban J connectivity index is 1.80. The fourth-order valence-electron chi connectivity index (χ4n) is 2.01. The van der Waals surface area contributed by atoms with Gasteiger partial charge in [0, 0.05) is 32.3 Å². The number of carbonyl (C=O) groups excluding carboxylic acids is 1. The second-order valence-corrected chi connectivity index (χ2v) is 6.62. The number of nitrogens with zero attached hydrogens (tertiary/aromatic N) is 3. The van der Waals surface area contributed by atoms with E-state index >= 15 is 0 Å². The highest BCUT2D eigenvalue weighted by molar-refractivity contribution is 7.86. The van der Waals surface area contributed by atoms with Gasteiger partial charge in [-0.15, -0.1) is 0 Å². The molecule has 8 nitrogen and oxygen atoms in total. The van der Waals surface area contributed by atoms with Gasteiger partial charge in [0.05, 0.1) is 6.54 Å². The van der Waals surface area contributed by atoms with E-state index in [2.05, 4.69) is 10.4 Å². The van der Waals surface area contributed by atoms with Crippen molar-refractivity contribution in [2.75, 3.05) is 26.7 Å². The maximum Gasteiger partial charge on any atom is 0.337 e. The quantitative estimate of drug-likeness (QED) is 0.790. The van der Waals surface area contributed by atoms with E-state index in [1.165, 1.54) is 12.1 Å². The van der Waals surface area contributed by atoms with Gasteiger partial charge in [-0.2, -0.15) is 17.8 Å². The van der Waals surface area contributed by atoms with Crippen LogP contribution in [0.3, 0.4) is 0 Å². The van der Waals surface area contributed by atoms with Gasteiger partial charge in [0.1, 0.15) is 0 Å². The average Bonchev–Trinajstić information content (AvgIpc) is 2.97. The Hall–Kier alpha value is -1.97. The first-order valence-corrected chi connectivity index (χ1v) is 8.26. The zero-order valence-corrected chi connectivity index (χ0v) is 13.0. The van der Waals surface area contributed by atoms with Gasteiger partial charge < -0.3 is 5.32 Å². The SMILES string of the molecule is CN(CCNC(=O)N1CC(c2ccccc2)C=N1)S(N)(=O)=O. The molecule has 1 unspecified atom stereocenters. The predicted octanol–water partition coefficient (Wildman–Crippen LogP) is -0.0835. The molecule has 1 aromatic rings. The summed E-state index contributed by atoms with van der Waals surface area (Å²) in [7, 11) is -2.38. The molecule has 2 rings (SSSR count). The summed E-state index contributed by atoms with van der Waals surface area (Å²) >= 11 is 0. The number of hydrogen-bond donors (Lipinski definition) is 2. The minimum Gasteiger partial charge on any atom is -0.335 e. The van der Waals surface area contributed by atoms with Crippen LogP contribution in [0.15, 0.2) is 35.4 Å². The minimum absolute atomic E-state index is 0.0686. The highest BCUT2D eigenvalue weighted by Crippen LogP contribution is 2.19.